The smallest absolute Gasteiger partial charge is 0.255 e. The number of fused-ring (bicyclic) bond motifs is 11. The van der Waals surface area contributed by atoms with Crippen LogP contribution in [0.25, 0.3) is 0 Å². The Bertz CT molecular complexity index is 1570. The first-order valence-electron chi connectivity index (χ1n) is 15.4. The highest BCUT2D eigenvalue weighted by atomic mass is 16.5. The van der Waals surface area contributed by atoms with Crippen molar-refractivity contribution in [2.24, 2.45) is 5.92 Å². The van der Waals surface area contributed by atoms with Crippen LogP contribution in [0.3, 0.4) is 0 Å². The summed E-state index contributed by atoms with van der Waals surface area (Å²) in [7, 11) is 0. The van der Waals surface area contributed by atoms with Gasteiger partial charge in [-0.2, -0.15) is 0 Å². The molecule has 3 aromatic rings. The number of amides is 4. The average Bonchev–Trinajstić information content (AvgIpc) is 3.53. The Morgan fingerprint density at radius 1 is 1.02 bits per heavy atom. The van der Waals surface area contributed by atoms with Crippen molar-refractivity contribution >= 4 is 23.6 Å². The SMILES string of the molecule is CC(C)[C@@H]1NC(=O)c2cc(ccc2O)Oc2ccc(cc2)C[C@@H](C(=O)N2CCC(O)(Cn3ccnc3)CC2)NC(=O)[C@H](C)NC1=O. The first-order valence-corrected chi connectivity index (χ1v) is 15.4. The number of hydrogen-bond donors (Lipinski definition) is 5. The van der Waals surface area contributed by atoms with Gasteiger partial charge >= 0.3 is 0 Å². The van der Waals surface area contributed by atoms with Crippen LogP contribution < -0.4 is 20.7 Å². The molecule has 13 heteroatoms. The summed E-state index contributed by atoms with van der Waals surface area (Å²) >= 11 is 0. The van der Waals surface area contributed by atoms with Gasteiger partial charge in [0, 0.05) is 31.9 Å². The van der Waals surface area contributed by atoms with Crippen molar-refractivity contribution in [3.8, 4) is 17.2 Å². The number of phenolic OH excluding ortho intramolecular Hbond substituents is 1. The lowest BCUT2D eigenvalue weighted by Crippen LogP contribution is -2.58. The third-order valence-corrected chi connectivity index (χ3v) is 8.46. The molecule has 4 bridgehead atoms. The van der Waals surface area contributed by atoms with Gasteiger partial charge in [-0.25, -0.2) is 4.98 Å². The number of aromatic nitrogens is 2. The molecule has 0 spiro atoms. The van der Waals surface area contributed by atoms with E-state index in [1.54, 1.807) is 61.7 Å². The minimum Gasteiger partial charge on any atom is -0.507 e. The second-order valence-corrected chi connectivity index (χ2v) is 12.4. The molecule has 1 fully saturated rings. The van der Waals surface area contributed by atoms with Crippen LogP contribution in [-0.2, 0) is 27.3 Å². The van der Waals surface area contributed by atoms with E-state index in [9.17, 15) is 29.4 Å². The maximum absolute atomic E-state index is 13.9. The molecular weight excluding hydrogens is 592 g/mol. The van der Waals surface area contributed by atoms with Crippen LogP contribution in [0.2, 0.25) is 0 Å². The van der Waals surface area contributed by atoms with E-state index in [4.69, 9.17) is 4.74 Å². The number of carbonyl (C=O) groups is 4. The van der Waals surface area contributed by atoms with Crippen molar-refractivity contribution in [2.45, 2.75) is 70.3 Å². The van der Waals surface area contributed by atoms with E-state index in [0.29, 0.717) is 44.0 Å². The van der Waals surface area contributed by atoms with Crippen LogP contribution in [0.5, 0.6) is 17.2 Å². The summed E-state index contributed by atoms with van der Waals surface area (Å²) < 4.78 is 7.74. The van der Waals surface area contributed by atoms with E-state index in [-0.39, 0.29) is 29.6 Å². The number of benzene rings is 2. The summed E-state index contributed by atoms with van der Waals surface area (Å²) in [6.45, 7) is 5.97. The fraction of sp³-hybridized carbons (Fsp3) is 0.424. The Morgan fingerprint density at radius 3 is 2.37 bits per heavy atom. The Balaban J connectivity index is 1.39. The first-order chi connectivity index (χ1) is 21.9. The third-order valence-electron chi connectivity index (χ3n) is 8.46. The molecule has 4 heterocycles. The molecule has 6 rings (SSSR count). The van der Waals surface area contributed by atoms with E-state index in [0.717, 1.165) is 5.56 Å². The minimum absolute atomic E-state index is 0.0706. The number of piperidine rings is 1. The van der Waals surface area contributed by atoms with Crippen molar-refractivity contribution in [2.75, 3.05) is 13.1 Å². The van der Waals surface area contributed by atoms with Gasteiger partial charge in [-0.05, 0) is 61.6 Å². The molecule has 5 N–H and O–H groups in total. The number of likely N-dealkylation sites (tertiary alicyclic amines) is 1. The van der Waals surface area contributed by atoms with Gasteiger partial charge in [-0.1, -0.05) is 26.0 Å². The zero-order chi connectivity index (χ0) is 33.0. The molecule has 13 nitrogen and oxygen atoms in total. The van der Waals surface area contributed by atoms with Crippen molar-refractivity contribution in [1.29, 1.82) is 0 Å². The van der Waals surface area contributed by atoms with Crippen molar-refractivity contribution < 1.29 is 34.1 Å². The molecular formula is C33H40N6O7. The molecule has 3 atom stereocenters. The predicted molar refractivity (Wildman–Crippen MR) is 167 cm³/mol. The monoisotopic (exact) mass is 632 g/mol. The highest BCUT2D eigenvalue weighted by Crippen LogP contribution is 2.29. The zero-order valence-electron chi connectivity index (χ0n) is 26.1. The van der Waals surface area contributed by atoms with Crippen LogP contribution in [0.1, 0.15) is 49.5 Å². The Morgan fingerprint density at radius 2 is 1.72 bits per heavy atom. The summed E-state index contributed by atoms with van der Waals surface area (Å²) in [5, 5.41) is 29.7. The molecule has 1 saturated heterocycles. The lowest BCUT2D eigenvalue weighted by Gasteiger charge is -2.39. The lowest BCUT2D eigenvalue weighted by atomic mass is 9.90. The van der Waals surface area contributed by atoms with Crippen LogP contribution in [0.4, 0.5) is 0 Å². The van der Waals surface area contributed by atoms with Gasteiger partial charge in [0.2, 0.25) is 17.7 Å². The van der Waals surface area contributed by atoms with Gasteiger partial charge in [-0.15, -0.1) is 0 Å². The molecule has 244 valence electrons. The number of carbonyl (C=O) groups excluding carboxylic acids is 4. The third kappa shape index (κ3) is 7.65. The standard InChI is InChI=1S/C33H40N6O7/c1-20(2)28-31(43)35-21(3)29(41)36-26(32(44)39-13-10-33(45,11-14-39)18-38-15-12-34-19-38)16-22-4-6-23(7-5-22)46-24-8-9-27(40)25(17-24)30(42)37-28/h4-9,12,15,17,19-21,26,28,40,45H,10-11,13-14,16,18H2,1-3H3,(H,35,43)(H,36,41)(H,37,42)/t21-,26-,28-/m0/s1. The molecule has 2 aromatic carbocycles. The quantitative estimate of drug-likeness (QED) is 0.270. The number of nitrogens with one attached hydrogen (secondary N) is 3. The maximum atomic E-state index is 13.9. The molecule has 0 unspecified atom stereocenters. The van der Waals surface area contributed by atoms with E-state index in [2.05, 4.69) is 20.9 Å². The number of ether oxygens (including phenoxy) is 1. The zero-order valence-corrected chi connectivity index (χ0v) is 26.1. The summed E-state index contributed by atoms with van der Waals surface area (Å²) in [5.41, 5.74) is -0.310. The minimum atomic E-state index is -1.03. The molecule has 3 aliphatic rings. The van der Waals surface area contributed by atoms with Gasteiger partial charge in [0.15, 0.2) is 0 Å². The van der Waals surface area contributed by atoms with E-state index in [1.165, 1.54) is 25.1 Å². The normalized spacial score (nSPS) is 22.2. The molecule has 0 aliphatic carbocycles. The number of aliphatic hydroxyl groups is 1. The second kappa shape index (κ2) is 13.6. The molecule has 4 amide bonds. The first kappa shape index (κ1) is 32.5. The van der Waals surface area contributed by atoms with Crippen LogP contribution in [0.15, 0.2) is 61.2 Å². The number of hydrogen-bond acceptors (Lipinski definition) is 8. The molecule has 1 aromatic heterocycles. The fourth-order valence-electron chi connectivity index (χ4n) is 5.69. The maximum Gasteiger partial charge on any atom is 0.255 e. The van der Waals surface area contributed by atoms with Crippen molar-refractivity contribution in [1.82, 2.24) is 30.4 Å². The Kier molecular flexibility index (Phi) is 9.61. The lowest BCUT2D eigenvalue weighted by molar-refractivity contribution is -0.141. The summed E-state index contributed by atoms with van der Waals surface area (Å²) in [6, 6.07) is 8.21. The van der Waals surface area contributed by atoms with Crippen LogP contribution >= 0.6 is 0 Å². The van der Waals surface area contributed by atoms with Gasteiger partial charge in [0.05, 0.1) is 24.0 Å². The second-order valence-electron chi connectivity index (χ2n) is 12.4. The van der Waals surface area contributed by atoms with Gasteiger partial charge in [0.1, 0.15) is 35.4 Å². The highest BCUT2D eigenvalue weighted by molar-refractivity contribution is 6.00. The summed E-state index contributed by atoms with van der Waals surface area (Å²) in [6.07, 6.45) is 5.96. The van der Waals surface area contributed by atoms with Crippen LogP contribution in [0, 0.1) is 5.92 Å². The number of nitrogens with zero attached hydrogens (tertiary/aromatic N) is 3. The topological polar surface area (TPSA) is 175 Å². The van der Waals surface area contributed by atoms with Gasteiger partial charge in [0.25, 0.3) is 5.91 Å². The Hall–Kier alpha value is -4.91. The highest BCUT2D eigenvalue weighted by Gasteiger charge is 2.37. The summed E-state index contributed by atoms with van der Waals surface area (Å²) in [5.74, 6) is -2.03. The van der Waals surface area contributed by atoms with E-state index in [1.807, 2.05) is 4.57 Å². The number of phenols is 1. The Labute approximate surface area is 266 Å². The number of imidazole rings is 1. The molecule has 0 saturated carbocycles. The van der Waals surface area contributed by atoms with E-state index >= 15 is 0 Å². The fourth-order valence-corrected chi connectivity index (χ4v) is 5.69. The average molecular weight is 633 g/mol. The van der Waals surface area contributed by atoms with Crippen molar-refractivity contribution in [3.63, 3.8) is 0 Å². The number of aromatic hydroxyl groups is 1. The van der Waals surface area contributed by atoms with E-state index < -0.39 is 41.4 Å². The van der Waals surface area contributed by atoms with Crippen molar-refractivity contribution in [3.05, 3.63) is 72.3 Å². The van der Waals surface area contributed by atoms with Crippen LogP contribution in [-0.4, -0.2) is 85.1 Å². The number of rotatable bonds is 4. The molecule has 0 radical (unpaired) electrons. The predicted octanol–water partition coefficient (Wildman–Crippen LogP) is 1.73. The molecule has 3 aliphatic heterocycles. The summed E-state index contributed by atoms with van der Waals surface area (Å²) in [4.78, 5) is 59.4. The molecule has 46 heavy (non-hydrogen) atoms. The van der Waals surface area contributed by atoms with Gasteiger partial charge < -0.3 is 40.4 Å². The largest absolute Gasteiger partial charge is 0.507 e. The van der Waals surface area contributed by atoms with Gasteiger partial charge in [-0.3, -0.25) is 19.2 Å².